The molecule has 0 saturated carbocycles. The number of esters is 1. The van der Waals surface area contributed by atoms with E-state index in [-0.39, 0.29) is 0 Å². The number of halogens is 1. The quantitative estimate of drug-likeness (QED) is 0.530. The average Bonchev–Trinajstić information content (AvgIpc) is 1.82. The van der Waals surface area contributed by atoms with Gasteiger partial charge in [-0.05, 0) is 36.7 Å². The molecule has 0 heterocycles. The van der Waals surface area contributed by atoms with E-state index >= 15 is 0 Å². The van der Waals surface area contributed by atoms with Crippen LogP contribution < -0.4 is 0 Å². The molecule has 0 aliphatic carbocycles. The van der Waals surface area contributed by atoms with Crippen molar-refractivity contribution in [3.8, 4) is 0 Å². The third-order valence-electron chi connectivity index (χ3n) is 0.799. The van der Waals surface area contributed by atoms with E-state index in [0.29, 0.717) is 0 Å². The highest BCUT2D eigenvalue weighted by Gasteiger charge is 2.22. The largest absolute Gasteiger partial charge is 0.457 e. The van der Waals surface area contributed by atoms with E-state index in [4.69, 9.17) is 9.47 Å². The van der Waals surface area contributed by atoms with E-state index in [9.17, 15) is 4.79 Å². The Balaban J connectivity index is 3.88. The number of hydrogen-bond acceptors (Lipinski definition) is 3. The predicted octanol–water partition coefficient (Wildman–Crippen LogP) is 1.70. The summed E-state index contributed by atoms with van der Waals surface area (Å²) in [5.41, 5.74) is -0.457. The molecule has 1 atom stereocenters. The summed E-state index contributed by atoms with van der Waals surface area (Å²) in [4.78, 5) is 11.0. The molecule has 4 heteroatoms. The first-order valence-electron chi connectivity index (χ1n) is 3.26. The Bertz CT molecular complexity index is 139. The fraction of sp³-hybridized carbons (Fsp3) is 0.857. The van der Waals surface area contributed by atoms with E-state index in [1.54, 1.807) is 20.8 Å². The van der Waals surface area contributed by atoms with Crippen LogP contribution in [0.25, 0.3) is 0 Å². The normalized spacial score (nSPS) is 14.3. The molecule has 0 aliphatic rings. The maximum atomic E-state index is 11.0. The van der Waals surface area contributed by atoms with Gasteiger partial charge in [0.2, 0.25) is 5.01 Å². The summed E-state index contributed by atoms with van der Waals surface area (Å²) in [6.07, 6.45) is 0. The Kier molecular flexibility index (Phi) is 4.03. The van der Waals surface area contributed by atoms with Crippen molar-refractivity contribution < 1.29 is 14.3 Å². The Labute approximate surface area is 75.2 Å². The van der Waals surface area contributed by atoms with Crippen LogP contribution >= 0.6 is 15.9 Å². The summed E-state index contributed by atoms with van der Waals surface area (Å²) < 4.78 is 9.68. The molecule has 0 N–H and O–H groups in total. The second kappa shape index (κ2) is 4.07. The number of hydrogen-bond donors (Lipinski definition) is 0. The first-order valence-corrected chi connectivity index (χ1v) is 4.18. The minimum absolute atomic E-state index is 0.403. The molecular weight excluding hydrogens is 212 g/mol. The van der Waals surface area contributed by atoms with Crippen LogP contribution in [-0.4, -0.2) is 23.7 Å². The van der Waals surface area contributed by atoms with Crippen molar-refractivity contribution in [2.75, 3.05) is 7.11 Å². The van der Waals surface area contributed by atoms with Crippen LogP contribution in [0, 0.1) is 0 Å². The summed E-state index contributed by atoms with van der Waals surface area (Å²) in [6, 6.07) is 0. The lowest BCUT2D eigenvalue weighted by molar-refractivity contribution is -0.160. The topological polar surface area (TPSA) is 35.5 Å². The van der Waals surface area contributed by atoms with Gasteiger partial charge in [0.05, 0.1) is 0 Å². The first kappa shape index (κ1) is 10.9. The Hall–Kier alpha value is -0.0900. The monoisotopic (exact) mass is 224 g/mol. The number of carbonyl (C=O) groups excluding carboxylic acids is 1. The summed E-state index contributed by atoms with van der Waals surface area (Å²) in [7, 11) is 1.43. The van der Waals surface area contributed by atoms with Crippen molar-refractivity contribution >= 4 is 21.9 Å². The second-order valence-electron chi connectivity index (χ2n) is 3.09. The molecule has 66 valence electrons. The van der Waals surface area contributed by atoms with Crippen LogP contribution in [-0.2, 0) is 14.3 Å². The molecule has 0 aromatic rings. The van der Waals surface area contributed by atoms with Gasteiger partial charge in [-0.15, -0.1) is 0 Å². The number of alkyl halides is 1. The molecule has 0 fully saturated rings. The molecule has 0 aliphatic heterocycles. The first-order chi connectivity index (χ1) is 4.87. The van der Waals surface area contributed by atoms with E-state index < -0.39 is 16.6 Å². The minimum atomic E-state index is -0.665. The van der Waals surface area contributed by atoms with Crippen LogP contribution in [0.1, 0.15) is 20.8 Å². The standard InChI is InChI=1S/C7H13BrO3/c1-7(2,3)11-6(9)5(8)10-4/h5H,1-4H3. The zero-order valence-corrected chi connectivity index (χ0v) is 8.77. The van der Waals surface area contributed by atoms with Crippen LogP contribution in [0.3, 0.4) is 0 Å². The molecule has 11 heavy (non-hydrogen) atoms. The molecule has 0 saturated heterocycles. The molecule has 0 radical (unpaired) electrons. The van der Waals surface area contributed by atoms with Crippen molar-refractivity contribution in [2.45, 2.75) is 31.4 Å². The van der Waals surface area contributed by atoms with Crippen LogP contribution in [0.2, 0.25) is 0 Å². The predicted molar refractivity (Wildman–Crippen MR) is 45.6 cm³/mol. The van der Waals surface area contributed by atoms with Gasteiger partial charge in [-0.2, -0.15) is 0 Å². The molecule has 1 unspecified atom stereocenters. The zero-order valence-electron chi connectivity index (χ0n) is 7.18. The molecule has 0 aromatic carbocycles. The van der Waals surface area contributed by atoms with Gasteiger partial charge in [0, 0.05) is 7.11 Å². The van der Waals surface area contributed by atoms with Crippen LogP contribution in [0.5, 0.6) is 0 Å². The third-order valence-corrected chi connectivity index (χ3v) is 1.55. The number of rotatable bonds is 2. The molecule has 0 rings (SSSR count). The Morgan fingerprint density at radius 1 is 1.45 bits per heavy atom. The van der Waals surface area contributed by atoms with Gasteiger partial charge in [0.1, 0.15) is 5.60 Å². The maximum absolute atomic E-state index is 11.0. The zero-order chi connectivity index (χ0) is 9.07. The summed E-state index contributed by atoms with van der Waals surface area (Å²) in [6.45, 7) is 5.42. The fourth-order valence-corrected chi connectivity index (χ4v) is 0.538. The lowest BCUT2D eigenvalue weighted by Crippen LogP contribution is -2.29. The van der Waals surface area contributed by atoms with Crippen molar-refractivity contribution in [1.82, 2.24) is 0 Å². The SMILES string of the molecule is COC(Br)C(=O)OC(C)(C)C. The average molecular weight is 225 g/mol. The van der Waals surface area contributed by atoms with Gasteiger partial charge in [0.15, 0.2) is 0 Å². The maximum Gasteiger partial charge on any atom is 0.346 e. The highest BCUT2D eigenvalue weighted by atomic mass is 79.9. The number of methoxy groups -OCH3 is 1. The van der Waals surface area contributed by atoms with Gasteiger partial charge < -0.3 is 9.47 Å². The van der Waals surface area contributed by atoms with Crippen molar-refractivity contribution in [3.63, 3.8) is 0 Å². The van der Waals surface area contributed by atoms with Crippen molar-refractivity contribution in [3.05, 3.63) is 0 Å². The highest BCUT2D eigenvalue weighted by molar-refractivity contribution is 9.09. The van der Waals surface area contributed by atoms with Crippen LogP contribution in [0.15, 0.2) is 0 Å². The van der Waals surface area contributed by atoms with E-state index in [1.165, 1.54) is 7.11 Å². The second-order valence-corrected chi connectivity index (χ2v) is 3.92. The molecule has 0 bridgehead atoms. The Morgan fingerprint density at radius 2 is 1.91 bits per heavy atom. The lowest BCUT2D eigenvalue weighted by atomic mass is 10.2. The molecule has 3 nitrogen and oxygen atoms in total. The fourth-order valence-electron chi connectivity index (χ4n) is 0.444. The minimum Gasteiger partial charge on any atom is -0.457 e. The van der Waals surface area contributed by atoms with E-state index in [2.05, 4.69) is 15.9 Å². The molecule has 0 spiro atoms. The van der Waals surface area contributed by atoms with Crippen molar-refractivity contribution in [1.29, 1.82) is 0 Å². The number of ether oxygens (including phenoxy) is 2. The number of carbonyl (C=O) groups is 1. The van der Waals surface area contributed by atoms with Gasteiger partial charge >= 0.3 is 5.97 Å². The van der Waals surface area contributed by atoms with Gasteiger partial charge in [-0.25, -0.2) is 4.79 Å². The summed E-state index contributed by atoms with van der Waals surface area (Å²) >= 11 is 3.00. The Morgan fingerprint density at radius 3 is 2.18 bits per heavy atom. The van der Waals surface area contributed by atoms with Crippen LogP contribution in [0.4, 0.5) is 0 Å². The molecule has 0 aromatic heterocycles. The lowest BCUT2D eigenvalue weighted by Gasteiger charge is -2.20. The van der Waals surface area contributed by atoms with Gasteiger partial charge in [-0.1, -0.05) is 0 Å². The smallest absolute Gasteiger partial charge is 0.346 e. The van der Waals surface area contributed by atoms with Gasteiger partial charge in [0.25, 0.3) is 0 Å². The van der Waals surface area contributed by atoms with E-state index in [1.807, 2.05) is 0 Å². The molecular formula is C7H13BrO3. The summed E-state index contributed by atoms with van der Waals surface area (Å²) in [5, 5.41) is -0.665. The third kappa shape index (κ3) is 5.21. The summed E-state index contributed by atoms with van der Waals surface area (Å²) in [5.74, 6) is -0.403. The highest BCUT2D eigenvalue weighted by Crippen LogP contribution is 2.11. The molecule has 0 amide bonds. The van der Waals surface area contributed by atoms with E-state index in [0.717, 1.165) is 0 Å². The van der Waals surface area contributed by atoms with Gasteiger partial charge in [-0.3, -0.25) is 0 Å². The van der Waals surface area contributed by atoms with Crippen molar-refractivity contribution in [2.24, 2.45) is 0 Å².